The van der Waals surface area contributed by atoms with E-state index in [9.17, 15) is 68.7 Å². The highest BCUT2D eigenvalue weighted by Crippen LogP contribution is 2.21. The van der Waals surface area contributed by atoms with E-state index in [4.69, 9.17) is 5.73 Å². The van der Waals surface area contributed by atoms with Crippen molar-refractivity contribution in [2.24, 2.45) is 5.73 Å². The number of phenols is 1. The van der Waals surface area contributed by atoms with Crippen molar-refractivity contribution in [3.05, 3.63) is 65.7 Å². The fourth-order valence-electron chi connectivity index (χ4n) is 7.47. The van der Waals surface area contributed by atoms with Crippen LogP contribution in [-0.2, 0) is 56.0 Å². The molecule has 24 heteroatoms. The predicted molar refractivity (Wildman–Crippen MR) is 239 cm³/mol. The number of nitrogens with two attached hydrogens (primary N) is 1. The highest BCUT2D eigenvalue weighted by Gasteiger charge is 2.40. The van der Waals surface area contributed by atoms with Crippen LogP contribution >= 0.6 is 0 Å². The zero-order valence-corrected chi connectivity index (χ0v) is 37.5. The number of amides is 9. The van der Waals surface area contributed by atoms with Gasteiger partial charge in [-0.15, -0.1) is 0 Å². The minimum Gasteiger partial charge on any atom is -0.508 e. The average molecular weight is 955 g/mol. The van der Waals surface area contributed by atoms with Crippen LogP contribution in [0.15, 0.2) is 54.6 Å². The summed E-state index contributed by atoms with van der Waals surface area (Å²) in [5.41, 5.74) is 6.66. The molecule has 2 heterocycles. The first-order chi connectivity index (χ1) is 32.5. The molecule has 0 bridgehead atoms. The van der Waals surface area contributed by atoms with Crippen molar-refractivity contribution in [2.45, 2.75) is 106 Å². The van der Waals surface area contributed by atoms with Crippen molar-refractivity contribution < 1.29 is 68.7 Å². The van der Waals surface area contributed by atoms with Gasteiger partial charge in [-0.1, -0.05) is 42.5 Å². The molecule has 0 aliphatic carbocycles. The Morgan fingerprint density at radius 3 is 1.41 bits per heavy atom. The normalized spacial score (nSPS) is 26.7. The number of fused-ring (bicyclic) bond motifs is 1. The Morgan fingerprint density at radius 2 is 0.926 bits per heavy atom. The van der Waals surface area contributed by atoms with E-state index >= 15 is 0 Å². The summed E-state index contributed by atoms with van der Waals surface area (Å²) >= 11 is 0. The van der Waals surface area contributed by atoms with Crippen LogP contribution in [0.1, 0.15) is 50.2 Å². The third-order valence-corrected chi connectivity index (χ3v) is 11.3. The van der Waals surface area contributed by atoms with Gasteiger partial charge in [0.1, 0.15) is 60.1 Å². The smallest absolute Gasteiger partial charge is 0.245 e. The van der Waals surface area contributed by atoms with Crippen molar-refractivity contribution in [3.8, 4) is 5.75 Å². The van der Waals surface area contributed by atoms with Crippen LogP contribution in [0.3, 0.4) is 0 Å². The summed E-state index contributed by atoms with van der Waals surface area (Å²) in [4.78, 5) is 125. The molecular formula is C44H62N10O14. The van der Waals surface area contributed by atoms with Gasteiger partial charge in [-0.3, -0.25) is 43.2 Å². The van der Waals surface area contributed by atoms with Crippen molar-refractivity contribution >= 4 is 53.2 Å². The molecule has 2 aromatic carbocycles. The summed E-state index contributed by atoms with van der Waals surface area (Å²) in [7, 11) is 0. The first-order valence-electron chi connectivity index (χ1n) is 22.2. The Bertz CT molecular complexity index is 2080. The third-order valence-electron chi connectivity index (χ3n) is 11.3. The quantitative estimate of drug-likeness (QED) is 0.0882. The Morgan fingerprint density at radius 1 is 0.515 bits per heavy atom. The molecule has 2 aliphatic rings. The number of nitrogens with one attached hydrogen (secondary N) is 8. The molecule has 2 aromatic rings. The van der Waals surface area contributed by atoms with Crippen LogP contribution in [-0.4, -0.2) is 177 Å². The molecule has 4 rings (SSSR count). The van der Waals surface area contributed by atoms with Gasteiger partial charge in [0.05, 0.1) is 26.4 Å². The molecule has 2 fully saturated rings. The number of hydrogen-bond acceptors (Lipinski definition) is 15. The number of benzene rings is 2. The molecule has 9 amide bonds. The van der Waals surface area contributed by atoms with E-state index in [-0.39, 0.29) is 44.5 Å². The fourth-order valence-corrected chi connectivity index (χ4v) is 7.47. The van der Waals surface area contributed by atoms with Gasteiger partial charge in [0.15, 0.2) is 0 Å². The Kier molecular flexibility index (Phi) is 21.1. The number of phenolic OH excluding ortho intramolecular Hbond substituents is 1. The minimum atomic E-state index is -1.80. The van der Waals surface area contributed by atoms with Crippen LogP contribution in [0.2, 0.25) is 0 Å². The average Bonchev–Trinajstić information content (AvgIpc) is 3.83. The first-order valence-corrected chi connectivity index (χ1v) is 22.2. The van der Waals surface area contributed by atoms with Gasteiger partial charge in [0, 0.05) is 19.4 Å². The van der Waals surface area contributed by atoms with Crippen molar-refractivity contribution in [2.75, 3.05) is 39.5 Å². The zero-order valence-electron chi connectivity index (χ0n) is 37.5. The Hall–Kier alpha value is -6.73. The highest BCUT2D eigenvalue weighted by atomic mass is 16.3. The van der Waals surface area contributed by atoms with Crippen LogP contribution in [0.4, 0.5) is 0 Å². The summed E-state index contributed by atoms with van der Waals surface area (Å²) in [6, 6.07) is 0.0354. The molecule has 372 valence electrons. The summed E-state index contributed by atoms with van der Waals surface area (Å²) in [5.74, 6) is -8.99. The van der Waals surface area contributed by atoms with Gasteiger partial charge in [0.2, 0.25) is 53.2 Å². The lowest BCUT2D eigenvalue weighted by Gasteiger charge is -2.31. The van der Waals surface area contributed by atoms with Crippen molar-refractivity contribution in [1.29, 1.82) is 0 Å². The number of unbranched alkanes of at least 4 members (excludes halogenated alkanes) is 1. The highest BCUT2D eigenvalue weighted by molar-refractivity contribution is 5.99. The number of aliphatic hydroxyl groups is 4. The molecule has 24 nitrogen and oxygen atoms in total. The summed E-state index contributed by atoms with van der Waals surface area (Å²) in [5, 5.41) is 69.7. The lowest BCUT2D eigenvalue weighted by atomic mass is 10.0. The molecule has 0 saturated carbocycles. The molecule has 2 saturated heterocycles. The first kappa shape index (κ1) is 53.9. The second kappa shape index (κ2) is 26.6. The van der Waals surface area contributed by atoms with Gasteiger partial charge in [-0.05, 0) is 68.8 Å². The molecule has 15 N–H and O–H groups in total. The molecule has 2 aliphatic heterocycles. The van der Waals surface area contributed by atoms with E-state index in [0.717, 1.165) is 0 Å². The maximum absolute atomic E-state index is 14.3. The van der Waals surface area contributed by atoms with Gasteiger partial charge < -0.3 is 78.7 Å². The SMILES string of the molecule is C[C@@H]1NC(=O)[C@H](CO)NC(=O)[C@H](Cc2ccccc2)NC(=O)[C@@H]2CCCN2C(=O)[C@H](CCCCN)NC(=O)[C@H](CO)NC(=O)[C@H](CO)NC(=O)[C@H](Cc2ccc(O)cc2)NC(=O)[C@H](CO)NC1=O. The topological polar surface area (TPSA) is 380 Å². The number of aliphatic hydroxyl groups excluding tert-OH is 4. The lowest BCUT2D eigenvalue weighted by Crippen LogP contribution is -2.61. The predicted octanol–water partition coefficient (Wildman–Crippen LogP) is -5.82. The molecule has 68 heavy (non-hydrogen) atoms. The van der Waals surface area contributed by atoms with Crippen LogP contribution in [0.25, 0.3) is 0 Å². The summed E-state index contributed by atoms with van der Waals surface area (Å²) in [6.45, 7) is -2.56. The molecule has 9 atom stereocenters. The maximum Gasteiger partial charge on any atom is 0.245 e. The van der Waals surface area contributed by atoms with E-state index in [1.807, 2.05) is 0 Å². The molecule has 0 aromatic heterocycles. The standard InChI is InChI=1S/C44H62N10O14/c1-24-36(60)50-32(21-56)41(65)48-29(19-26-12-14-27(59)15-13-26)37(61)52-34(23-58)42(66)53-33(22-57)40(64)47-28(10-5-6-16-45)44(68)54-17-7-11-35(54)43(67)49-30(18-25-8-3-2-4-9-25)38(62)51-31(20-55)39(63)46-24/h2-4,8-9,12-15,24,28-35,55-59H,5-7,10-11,16-23,45H2,1H3,(H,46,63)(H,47,64)(H,48,65)(H,49,67)(H,50,60)(H,51,62)(H,52,61)(H,53,66)/t24-,28-,29-,30-,31-,32-,33-,34-,35-/m0/s1. The maximum atomic E-state index is 14.3. The van der Waals surface area contributed by atoms with Crippen molar-refractivity contribution in [3.63, 3.8) is 0 Å². The molecular weight excluding hydrogens is 893 g/mol. The number of carbonyl (C=O) groups excluding carboxylic acids is 9. The van der Waals surface area contributed by atoms with Gasteiger partial charge in [-0.2, -0.15) is 0 Å². The van der Waals surface area contributed by atoms with E-state index in [1.165, 1.54) is 36.1 Å². The van der Waals surface area contributed by atoms with Crippen LogP contribution in [0.5, 0.6) is 5.75 Å². The van der Waals surface area contributed by atoms with E-state index in [1.54, 1.807) is 30.3 Å². The van der Waals surface area contributed by atoms with Crippen LogP contribution < -0.4 is 48.3 Å². The molecule has 0 radical (unpaired) electrons. The lowest BCUT2D eigenvalue weighted by molar-refractivity contribution is -0.143. The number of nitrogens with zero attached hydrogens (tertiary/aromatic N) is 1. The van der Waals surface area contributed by atoms with Crippen molar-refractivity contribution in [1.82, 2.24) is 47.4 Å². The molecule has 0 unspecified atom stereocenters. The second-order valence-corrected chi connectivity index (χ2v) is 16.4. The monoisotopic (exact) mass is 954 g/mol. The fraction of sp³-hybridized carbons (Fsp3) is 0.523. The third kappa shape index (κ3) is 15.4. The van der Waals surface area contributed by atoms with Gasteiger partial charge >= 0.3 is 0 Å². The van der Waals surface area contributed by atoms with Crippen LogP contribution in [0, 0.1) is 0 Å². The number of rotatable bonds is 12. The van der Waals surface area contributed by atoms with Gasteiger partial charge in [0.25, 0.3) is 0 Å². The van der Waals surface area contributed by atoms with Gasteiger partial charge in [-0.25, -0.2) is 0 Å². The summed E-state index contributed by atoms with van der Waals surface area (Å²) in [6.07, 6.45) is 0.867. The Balaban J connectivity index is 1.72. The second-order valence-electron chi connectivity index (χ2n) is 16.4. The minimum absolute atomic E-state index is 0.0166. The van der Waals surface area contributed by atoms with E-state index in [2.05, 4.69) is 42.5 Å². The number of aromatic hydroxyl groups is 1. The number of hydrogen-bond donors (Lipinski definition) is 14. The summed E-state index contributed by atoms with van der Waals surface area (Å²) < 4.78 is 0. The zero-order chi connectivity index (χ0) is 49.9. The van der Waals surface area contributed by atoms with E-state index in [0.29, 0.717) is 30.4 Å². The van der Waals surface area contributed by atoms with E-state index < -0.39 is 134 Å². The largest absolute Gasteiger partial charge is 0.508 e. The molecule has 0 spiro atoms. The Labute approximate surface area is 391 Å². The number of carbonyl (C=O) groups is 9.